The molecule has 4 fully saturated rings. The summed E-state index contributed by atoms with van der Waals surface area (Å²) in [7, 11) is 17.7. The molecule has 4 aliphatic carbocycles. The first-order chi connectivity index (χ1) is 21.5. The first kappa shape index (κ1) is 31.6. The van der Waals surface area contributed by atoms with Gasteiger partial charge in [-0.15, -0.1) is 0 Å². The van der Waals surface area contributed by atoms with Crippen LogP contribution in [0.3, 0.4) is 0 Å². The van der Waals surface area contributed by atoms with Gasteiger partial charge in [0.25, 0.3) is 0 Å². The van der Waals surface area contributed by atoms with Gasteiger partial charge in [-0.1, -0.05) is 0 Å². The van der Waals surface area contributed by atoms with Crippen LogP contribution in [0.5, 0.6) is 0 Å². The number of halogens is 2. The molecule has 44 heavy (non-hydrogen) atoms. The van der Waals surface area contributed by atoms with Crippen LogP contribution in [-0.4, -0.2) is 57.9 Å². The standard InChI is InChI=1S/2C15H25N2.C7H6.2ClH.Ru/c2*1-3-7-14(8-4-1)16-11-12-17(13-16)15-9-5-2-6-10-15;1-7-5-3-2-4-6-7;;;/h2*11-15H,1-10H2;1-6H;2*1H;/q;;;;;+2/p-2. The zero-order chi connectivity index (χ0) is 30.0. The van der Waals surface area contributed by atoms with E-state index in [1.165, 1.54) is 134 Å². The molecule has 0 amide bonds. The van der Waals surface area contributed by atoms with Gasteiger partial charge in [0.1, 0.15) is 0 Å². The van der Waals surface area contributed by atoms with Crippen molar-refractivity contribution in [2.45, 2.75) is 162 Å². The number of rotatable bonds is 7. The van der Waals surface area contributed by atoms with Crippen LogP contribution in [-0.2, 0) is 11.2 Å². The predicted molar refractivity (Wildman–Crippen MR) is 184 cm³/mol. The molecule has 0 bridgehead atoms. The third-order valence-corrected chi connectivity index (χ3v) is 22.8. The minimum atomic E-state index is -4.63. The van der Waals surface area contributed by atoms with Crippen molar-refractivity contribution in [1.82, 2.24) is 19.6 Å². The summed E-state index contributed by atoms with van der Waals surface area (Å²) < 4.78 is 2.49. The summed E-state index contributed by atoms with van der Waals surface area (Å²) in [6, 6.07) is 13.0. The van der Waals surface area contributed by atoms with E-state index in [4.69, 9.17) is 19.4 Å². The Kier molecular flexibility index (Phi) is 9.76. The molecule has 0 spiro atoms. The van der Waals surface area contributed by atoms with Gasteiger partial charge in [0.15, 0.2) is 0 Å². The van der Waals surface area contributed by atoms with Crippen molar-refractivity contribution in [2.75, 3.05) is 0 Å². The van der Waals surface area contributed by atoms with Crippen molar-refractivity contribution in [2.24, 2.45) is 0 Å². The fourth-order valence-electron chi connectivity index (χ4n) is 9.32. The van der Waals surface area contributed by atoms with Gasteiger partial charge in [0, 0.05) is 0 Å². The molecule has 4 saturated carbocycles. The molecule has 7 heteroatoms. The fraction of sp³-hybridized carbons (Fsp3) is 0.703. The third kappa shape index (κ3) is 6.17. The molecule has 0 atom stereocenters. The van der Waals surface area contributed by atoms with Crippen molar-refractivity contribution >= 4 is 24.0 Å². The summed E-state index contributed by atoms with van der Waals surface area (Å²) in [5.41, 5.74) is 1.20. The van der Waals surface area contributed by atoms with E-state index in [0.29, 0.717) is 24.2 Å². The Balaban J connectivity index is 1.41. The average molecular weight is 729 g/mol. The normalized spacial score (nSPS) is 26.9. The summed E-state index contributed by atoms with van der Waals surface area (Å²) in [5.74, 6) is 0. The second kappa shape index (κ2) is 13.6. The molecule has 0 aromatic heterocycles. The van der Waals surface area contributed by atoms with Crippen LogP contribution >= 0.6 is 19.4 Å². The Bertz CT molecular complexity index is 1100. The van der Waals surface area contributed by atoms with Gasteiger partial charge < -0.3 is 0 Å². The summed E-state index contributed by atoms with van der Waals surface area (Å²) in [6.07, 6.45) is 35.7. The van der Waals surface area contributed by atoms with Crippen LogP contribution in [0.1, 0.15) is 134 Å². The van der Waals surface area contributed by atoms with Crippen molar-refractivity contribution in [3.05, 3.63) is 60.7 Å². The molecule has 1 aromatic rings. The van der Waals surface area contributed by atoms with Crippen molar-refractivity contribution < 1.29 is 11.2 Å². The van der Waals surface area contributed by atoms with Gasteiger partial charge in [0.05, 0.1) is 0 Å². The summed E-state index contributed by atoms with van der Waals surface area (Å²) in [6.45, 7) is 0. The number of benzene rings is 1. The van der Waals surface area contributed by atoms with Crippen molar-refractivity contribution in [1.29, 1.82) is 0 Å². The predicted octanol–water partition coefficient (Wildman–Crippen LogP) is 9.91. The summed E-state index contributed by atoms with van der Waals surface area (Å²) >= 11 is -4.63. The SMILES string of the molecule is [Cl][Ru]([Cl])(=[CH]c1ccccc1)([CH]1N(C2CCCCC2)C=CN1C1CCCCC1)[CH]1N(C2CCCCC2)C=CN1C1CCCCC1. The molecule has 0 radical (unpaired) electrons. The molecule has 1 aromatic carbocycles. The molecule has 0 N–H and O–H groups in total. The molecule has 7 rings (SSSR count). The van der Waals surface area contributed by atoms with E-state index in [1.807, 2.05) is 0 Å². The monoisotopic (exact) mass is 728 g/mol. The van der Waals surface area contributed by atoms with Crippen LogP contribution in [0.15, 0.2) is 55.1 Å². The second-order valence-corrected chi connectivity index (χ2v) is 29.0. The quantitative estimate of drug-likeness (QED) is 0.259. The number of nitrogens with zero attached hydrogens (tertiary/aromatic N) is 4. The molecular weight excluding hydrogens is 672 g/mol. The van der Waals surface area contributed by atoms with E-state index < -0.39 is 11.2 Å². The average Bonchev–Trinajstić information content (AvgIpc) is 3.75. The zero-order valence-electron chi connectivity index (χ0n) is 26.8. The van der Waals surface area contributed by atoms with E-state index in [-0.39, 0.29) is 9.52 Å². The molecule has 0 unspecified atom stereocenters. The second-order valence-electron chi connectivity index (χ2n) is 14.5. The minimum absolute atomic E-state index is 0.00343. The Labute approximate surface area is 276 Å². The van der Waals surface area contributed by atoms with E-state index in [2.05, 4.69) is 79.3 Å². The van der Waals surface area contributed by atoms with Crippen molar-refractivity contribution in [3.63, 3.8) is 0 Å². The first-order valence-corrected chi connectivity index (χ1v) is 25.6. The first-order valence-electron chi connectivity index (χ1n) is 18.1. The molecule has 2 aliphatic heterocycles. The Morgan fingerprint density at radius 3 is 1.05 bits per heavy atom. The van der Waals surface area contributed by atoms with Crippen molar-refractivity contribution in [3.8, 4) is 0 Å². The maximum atomic E-state index is 8.84. The van der Waals surface area contributed by atoms with Crippen LogP contribution in [0.4, 0.5) is 0 Å². The Hall–Kier alpha value is -1.03. The Morgan fingerprint density at radius 2 is 0.750 bits per heavy atom. The third-order valence-electron chi connectivity index (χ3n) is 11.6. The van der Waals surface area contributed by atoms with Crippen LogP contribution in [0.2, 0.25) is 0 Å². The molecule has 2 heterocycles. The van der Waals surface area contributed by atoms with Gasteiger partial charge in [-0.25, -0.2) is 0 Å². The summed E-state index contributed by atoms with van der Waals surface area (Å²) in [5, 5.41) is 0. The van der Waals surface area contributed by atoms with Gasteiger partial charge in [0.2, 0.25) is 0 Å². The molecular formula is C37H56Cl2N4Ru. The van der Waals surface area contributed by atoms with Crippen LogP contribution < -0.4 is 0 Å². The van der Waals surface area contributed by atoms with E-state index in [0.717, 1.165) is 0 Å². The fourth-order valence-corrected chi connectivity index (χ4v) is 22.6. The molecule has 4 nitrogen and oxygen atoms in total. The van der Waals surface area contributed by atoms with Gasteiger partial charge in [-0.3, -0.25) is 0 Å². The zero-order valence-corrected chi connectivity index (χ0v) is 30.0. The number of hydrogen-bond donors (Lipinski definition) is 0. The molecule has 6 aliphatic rings. The van der Waals surface area contributed by atoms with E-state index in [9.17, 15) is 0 Å². The maximum absolute atomic E-state index is 8.84. The van der Waals surface area contributed by atoms with Gasteiger partial charge in [-0.2, -0.15) is 0 Å². The topological polar surface area (TPSA) is 13.0 Å². The summed E-state index contributed by atoms with van der Waals surface area (Å²) in [4.78, 5) is 10.9. The Morgan fingerprint density at radius 1 is 0.455 bits per heavy atom. The molecule has 246 valence electrons. The molecule has 0 saturated heterocycles. The van der Waals surface area contributed by atoms with Crippen LogP contribution in [0.25, 0.3) is 0 Å². The van der Waals surface area contributed by atoms with Gasteiger partial charge in [-0.05, 0) is 0 Å². The van der Waals surface area contributed by atoms with E-state index >= 15 is 0 Å². The van der Waals surface area contributed by atoms with Crippen LogP contribution in [0, 0.1) is 0 Å². The number of hydrogen-bond acceptors (Lipinski definition) is 4. The van der Waals surface area contributed by atoms with Gasteiger partial charge >= 0.3 is 278 Å². The van der Waals surface area contributed by atoms with E-state index in [1.54, 1.807) is 0 Å².